The van der Waals surface area contributed by atoms with Gasteiger partial charge in [-0.3, -0.25) is 4.79 Å². The van der Waals surface area contributed by atoms with Gasteiger partial charge in [-0.2, -0.15) is 0 Å². The molecule has 0 unspecified atom stereocenters. The molecule has 4 rings (SSSR count). The summed E-state index contributed by atoms with van der Waals surface area (Å²) in [5.74, 6) is 2.09. The predicted octanol–water partition coefficient (Wildman–Crippen LogP) is 9.88. The van der Waals surface area contributed by atoms with Gasteiger partial charge in [-0.15, -0.1) is 0 Å². The number of carbonyl (C=O) groups is 1. The minimum Gasteiger partial charge on any atom is -0.544 e. The van der Waals surface area contributed by atoms with Gasteiger partial charge in [-0.25, -0.2) is 9.97 Å². The number of amides is 1. The number of hydrogen-bond donors (Lipinski definition) is 1. The zero-order valence-corrected chi connectivity index (χ0v) is 31.3. The lowest BCUT2D eigenvalue weighted by atomic mass is 10.1. The van der Waals surface area contributed by atoms with E-state index in [-0.39, 0.29) is 22.4 Å². The molecular weight excluding hydrogens is 603 g/mol. The number of nitrogens with one attached hydrogen (secondary N) is 1. The van der Waals surface area contributed by atoms with Crippen LogP contribution in [-0.2, 0) is 24.1 Å². The fraction of sp³-hybridized carbons (Fsp3) is 0.395. The average Bonchev–Trinajstić information content (AvgIpc) is 2.97. The molecule has 0 aliphatic heterocycles. The summed E-state index contributed by atoms with van der Waals surface area (Å²) in [6.07, 6.45) is 3.40. The van der Waals surface area contributed by atoms with Crippen molar-refractivity contribution >= 4 is 28.4 Å². The molecule has 6 nitrogen and oxygen atoms in total. The second-order valence-electron chi connectivity index (χ2n) is 15.2. The van der Waals surface area contributed by atoms with Crippen molar-refractivity contribution in [2.45, 2.75) is 97.1 Å². The van der Waals surface area contributed by atoms with Gasteiger partial charge < -0.3 is 14.2 Å². The fourth-order valence-corrected chi connectivity index (χ4v) is 6.44. The van der Waals surface area contributed by atoms with E-state index in [1.807, 2.05) is 66.7 Å². The van der Waals surface area contributed by atoms with Crippen LogP contribution in [0, 0.1) is 0 Å². The molecule has 3 aromatic carbocycles. The largest absolute Gasteiger partial charge is 0.544 e. The number of carbonyl (C=O) groups excluding carboxylic acids is 1. The molecule has 0 fully saturated rings. The molecule has 1 amide bonds. The highest BCUT2D eigenvalue weighted by molar-refractivity contribution is 6.75. The molecule has 1 aromatic heterocycles. The van der Waals surface area contributed by atoms with Gasteiger partial charge in [0.15, 0.2) is 5.82 Å². The van der Waals surface area contributed by atoms with Gasteiger partial charge in [0.25, 0.3) is 0 Å². The van der Waals surface area contributed by atoms with E-state index < -0.39 is 16.6 Å². The molecule has 0 saturated carbocycles. The van der Waals surface area contributed by atoms with Crippen LogP contribution in [0.5, 0.6) is 11.5 Å². The van der Waals surface area contributed by atoms with E-state index in [0.717, 1.165) is 40.4 Å². The van der Waals surface area contributed by atoms with E-state index in [9.17, 15) is 4.79 Å². The number of benzene rings is 3. The van der Waals surface area contributed by atoms with Gasteiger partial charge in [0.2, 0.25) is 22.5 Å². The summed E-state index contributed by atoms with van der Waals surface area (Å²) in [5, 5.41) is 3.28. The van der Waals surface area contributed by atoms with Crippen molar-refractivity contribution in [2.24, 2.45) is 0 Å². The number of anilines is 1. The quantitative estimate of drug-likeness (QED) is 0.163. The highest BCUT2D eigenvalue weighted by Gasteiger charge is 2.39. The maximum atomic E-state index is 13.2. The Morgan fingerprint density at radius 1 is 0.696 bits per heavy atom. The second-order valence-corrected chi connectivity index (χ2v) is 24.6. The van der Waals surface area contributed by atoms with Gasteiger partial charge >= 0.3 is 0 Å². The number of rotatable bonds is 11. The number of hydrogen-bond acceptors (Lipinski definition) is 5. The highest BCUT2D eigenvalue weighted by atomic mass is 28.4. The lowest BCUT2D eigenvalue weighted by molar-refractivity contribution is -0.115. The van der Waals surface area contributed by atoms with Gasteiger partial charge in [-0.05, 0) is 96.6 Å². The minimum atomic E-state index is -1.94. The van der Waals surface area contributed by atoms with E-state index in [1.165, 1.54) is 5.56 Å². The summed E-state index contributed by atoms with van der Waals surface area (Å²) in [5.41, 5.74) is 4.59. The molecule has 0 radical (unpaired) electrons. The molecule has 0 aliphatic rings. The van der Waals surface area contributed by atoms with Gasteiger partial charge in [-0.1, -0.05) is 84.0 Å². The molecule has 46 heavy (non-hydrogen) atoms. The summed E-state index contributed by atoms with van der Waals surface area (Å²) >= 11 is 0. The first-order valence-electron chi connectivity index (χ1n) is 16.2. The van der Waals surface area contributed by atoms with Crippen LogP contribution in [0.3, 0.4) is 0 Å². The lowest BCUT2D eigenvalue weighted by Gasteiger charge is -2.36. The van der Waals surface area contributed by atoms with Gasteiger partial charge in [0.1, 0.15) is 11.5 Å². The van der Waals surface area contributed by atoms with Crippen LogP contribution in [0.25, 0.3) is 11.3 Å². The normalized spacial score (nSPS) is 12.5. The monoisotopic (exact) mass is 653 g/mol. The molecule has 0 saturated heterocycles. The van der Waals surface area contributed by atoms with E-state index in [4.69, 9.17) is 18.8 Å². The van der Waals surface area contributed by atoms with Crippen molar-refractivity contribution in [3.05, 3.63) is 102 Å². The molecule has 0 atom stereocenters. The van der Waals surface area contributed by atoms with Crippen LogP contribution in [0.15, 0.2) is 85.1 Å². The fourth-order valence-electron chi connectivity index (χ4n) is 4.38. The Bertz CT molecular complexity index is 1610. The maximum absolute atomic E-state index is 13.2. The first kappa shape index (κ1) is 35.1. The summed E-state index contributed by atoms with van der Waals surface area (Å²) in [7, 11) is -3.87. The smallest absolute Gasteiger partial charge is 0.250 e. The third-order valence-electron chi connectivity index (χ3n) is 9.39. The molecule has 1 heterocycles. The molecule has 0 bridgehead atoms. The van der Waals surface area contributed by atoms with Crippen molar-refractivity contribution in [3.63, 3.8) is 0 Å². The Hall–Kier alpha value is -3.76. The van der Waals surface area contributed by atoms with E-state index in [1.54, 1.807) is 6.20 Å². The molecule has 0 spiro atoms. The first-order chi connectivity index (χ1) is 21.4. The van der Waals surface area contributed by atoms with Gasteiger partial charge in [0, 0.05) is 5.56 Å². The van der Waals surface area contributed by atoms with Crippen LogP contribution in [0.2, 0.25) is 36.3 Å². The third-order valence-corrected chi connectivity index (χ3v) is 18.1. The van der Waals surface area contributed by atoms with Crippen molar-refractivity contribution in [3.8, 4) is 22.8 Å². The topological polar surface area (TPSA) is 73.3 Å². The molecule has 244 valence electrons. The summed E-state index contributed by atoms with van der Waals surface area (Å²) in [6.45, 7) is 22.3. The predicted molar refractivity (Wildman–Crippen MR) is 196 cm³/mol. The molecule has 0 aliphatic carbocycles. The second kappa shape index (κ2) is 13.9. The van der Waals surface area contributed by atoms with Crippen molar-refractivity contribution in [1.29, 1.82) is 0 Å². The van der Waals surface area contributed by atoms with Crippen molar-refractivity contribution in [1.82, 2.24) is 9.97 Å². The Morgan fingerprint density at radius 2 is 1.22 bits per heavy atom. The van der Waals surface area contributed by atoms with Crippen molar-refractivity contribution < 1.29 is 13.6 Å². The Kier molecular flexibility index (Phi) is 10.6. The van der Waals surface area contributed by atoms with Crippen LogP contribution in [0.4, 0.5) is 5.82 Å². The number of aromatic nitrogens is 2. The molecule has 1 N–H and O–H groups in total. The zero-order valence-electron chi connectivity index (χ0n) is 29.3. The summed E-state index contributed by atoms with van der Waals surface area (Å²) < 4.78 is 12.9. The van der Waals surface area contributed by atoms with Crippen LogP contribution < -0.4 is 14.2 Å². The summed E-state index contributed by atoms with van der Waals surface area (Å²) in [4.78, 5) is 22.9. The maximum Gasteiger partial charge on any atom is 0.250 e. The average molecular weight is 654 g/mol. The Morgan fingerprint density at radius 3 is 1.74 bits per heavy atom. The SMILES string of the molecule is CC(C)(C)[Si](C)(C)Oc1ccc(CC(=O)Nc2ncc(-c3ccc(O[Si](C)(C)C(C)(C)C)cc3)nc2CCc2ccccc2)cc1. The first-order valence-corrected chi connectivity index (χ1v) is 22.0. The Labute approximate surface area is 278 Å². The zero-order chi connectivity index (χ0) is 33.8. The van der Waals surface area contributed by atoms with E-state index in [0.29, 0.717) is 12.2 Å². The van der Waals surface area contributed by atoms with Crippen LogP contribution in [0.1, 0.15) is 58.4 Å². The lowest BCUT2D eigenvalue weighted by Crippen LogP contribution is -2.43. The van der Waals surface area contributed by atoms with Crippen LogP contribution in [-0.4, -0.2) is 32.5 Å². The van der Waals surface area contributed by atoms with E-state index in [2.05, 4.69) is 85.2 Å². The van der Waals surface area contributed by atoms with E-state index >= 15 is 0 Å². The van der Waals surface area contributed by atoms with Gasteiger partial charge in [0.05, 0.1) is 24.0 Å². The molecule has 8 heteroatoms. The highest BCUT2D eigenvalue weighted by Crippen LogP contribution is 2.38. The molecular formula is C38H51N3O3Si2. The number of aryl methyl sites for hydroxylation is 2. The summed E-state index contributed by atoms with van der Waals surface area (Å²) in [6, 6.07) is 26.2. The Balaban J connectivity index is 1.50. The third kappa shape index (κ3) is 9.16. The molecule has 4 aromatic rings. The van der Waals surface area contributed by atoms with Crippen LogP contribution >= 0.6 is 0 Å². The standard InChI is InChI=1S/C38H51N3O3Si2/c1-37(2,3)45(7,8)43-31-21-16-29(17-22-31)26-35(42)41-36-33(25-18-28-14-12-11-13-15-28)40-34(27-39-36)30-19-23-32(24-20-30)44-46(9,10)38(4,5)6/h11-17,19-24,27H,18,25-26H2,1-10H3,(H,39,41,42). The minimum absolute atomic E-state index is 0.114. The number of nitrogens with zero attached hydrogens (tertiary/aromatic N) is 2. The van der Waals surface area contributed by atoms with Crippen molar-refractivity contribution in [2.75, 3.05) is 5.32 Å².